The largest absolute Gasteiger partial charge is 0.368 e. The van der Waals surface area contributed by atoms with Gasteiger partial charge in [0.2, 0.25) is 0 Å². The summed E-state index contributed by atoms with van der Waals surface area (Å²) >= 11 is 0. The molecule has 1 spiro atoms. The summed E-state index contributed by atoms with van der Waals surface area (Å²) < 4.78 is 6.08. The van der Waals surface area contributed by atoms with E-state index in [9.17, 15) is 4.79 Å². The Labute approximate surface area is 136 Å². The number of nitrogens with zero attached hydrogens (tertiary/aromatic N) is 3. The fraction of sp³-hybridized carbons (Fsp3) is 0.706. The molecule has 1 unspecified atom stereocenters. The van der Waals surface area contributed by atoms with E-state index in [1.807, 2.05) is 18.7 Å². The second kappa shape index (κ2) is 5.44. The van der Waals surface area contributed by atoms with Crippen LogP contribution in [0.4, 0.5) is 10.5 Å². The second-order valence-corrected chi connectivity index (χ2v) is 7.27. The van der Waals surface area contributed by atoms with E-state index < -0.39 is 0 Å². The van der Waals surface area contributed by atoms with Crippen LogP contribution >= 0.6 is 0 Å². The highest BCUT2D eigenvalue weighted by Crippen LogP contribution is 2.42. The molecule has 3 fully saturated rings. The Morgan fingerprint density at radius 2 is 2.22 bits per heavy atom. The van der Waals surface area contributed by atoms with E-state index in [2.05, 4.69) is 15.3 Å². The van der Waals surface area contributed by atoms with Gasteiger partial charge < -0.3 is 15.0 Å². The fourth-order valence-electron chi connectivity index (χ4n) is 3.67. The molecule has 0 aromatic carbocycles. The van der Waals surface area contributed by atoms with Gasteiger partial charge in [0, 0.05) is 12.5 Å². The maximum atomic E-state index is 12.7. The number of rotatable bonds is 2. The molecule has 2 amide bonds. The lowest BCUT2D eigenvalue weighted by Crippen LogP contribution is -2.60. The van der Waals surface area contributed by atoms with E-state index in [0.29, 0.717) is 19.0 Å². The molecule has 0 bridgehead atoms. The van der Waals surface area contributed by atoms with E-state index in [4.69, 9.17) is 4.74 Å². The van der Waals surface area contributed by atoms with Crippen molar-refractivity contribution in [2.45, 2.75) is 63.6 Å². The molecule has 124 valence electrons. The predicted octanol–water partition coefficient (Wildman–Crippen LogP) is 2.84. The van der Waals surface area contributed by atoms with E-state index in [1.165, 1.54) is 6.42 Å². The van der Waals surface area contributed by atoms with Gasteiger partial charge in [-0.25, -0.2) is 14.8 Å². The lowest BCUT2D eigenvalue weighted by Gasteiger charge is -2.50. The van der Waals surface area contributed by atoms with E-state index in [1.54, 1.807) is 6.20 Å². The monoisotopic (exact) mass is 316 g/mol. The van der Waals surface area contributed by atoms with Gasteiger partial charge in [0.1, 0.15) is 5.82 Å². The van der Waals surface area contributed by atoms with Crippen LogP contribution in [0.5, 0.6) is 0 Å². The third kappa shape index (κ3) is 2.92. The first-order valence-corrected chi connectivity index (χ1v) is 8.62. The molecule has 0 radical (unpaired) electrons. The maximum absolute atomic E-state index is 12.7. The van der Waals surface area contributed by atoms with Crippen molar-refractivity contribution in [3.8, 4) is 0 Å². The van der Waals surface area contributed by atoms with Gasteiger partial charge in [-0.3, -0.25) is 0 Å². The summed E-state index contributed by atoms with van der Waals surface area (Å²) in [5.74, 6) is 1.24. The molecule has 6 nitrogen and oxygen atoms in total. The number of anilines is 1. The number of amides is 2. The highest BCUT2D eigenvalue weighted by Gasteiger charge is 2.45. The van der Waals surface area contributed by atoms with Crippen molar-refractivity contribution < 1.29 is 9.53 Å². The molecule has 6 heteroatoms. The number of morpholine rings is 1. The number of ether oxygens (including phenoxy) is 1. The third-order valence-electron chi connectivity index (χ3n) is 5.10. The zero-order valence-corrected chi connectivity index (χ0v) is 13.8. The van der Waals surface area contributed by atoms with Crippen LogP contribution in [0.1, 0.15) is 56.5 Å². The topological polar surface area (TPSA) is 67.4 Å². The minimum atomic E-state index is -0.0991. The molecule has 23 heavy (non-hydrogen) atoms. The summed E-state index contributed by atoms with van der Waals surface area (Å²) in [5.41, 5.74) is 1.66. The van der Waals surface area contributed by atoms with Crippen LogP contribution in [0.25, 0.3) is 0 Å². The van der Waals surface area contributed by atoms with Gasteiger partial charge in [0.15, 0.2) is 0 Å². The zero-order chi connectivity index (χ0) is 16.0. The number of carbonyl (C=O) groups excluding carboxylic acids is 1. The Kier molecular flexibility index (Phi) is 3.52. The van der Waals surface area contributed by atoms with Crippen LogP contribution in [-0.4, -0.2) is 45.7 Å². The molecule has 2 heterocycles. The summed E-state index contributed by atoms with van der Waals surface area (Å²) in [6.45, 7) is 5.26. The van der Waals surface area contributed by atoms with E-state index in [-0.39, 0.29) is 17.7 Å². The number of urea groups is 1. The van der Waals surface area contributed by atoms with Crippen LogP contribution in [0.15, 0.2) is 6.20 Å². The highest BCUT2D eigenvalue weighted by molar-refractivity contribution is 5.90. The van der Waals surface area contributed by atoms with Crippen molar-refractivity contribution in [2.75, 3.05) is 18.4 Å². The molecule has 1 atom stereocenters. The first-order valence-electron chi connectivity index (χ1n) is 8.62. The maximum Gasteiger partial charge on any atom is 0.322 e. The van der Waals surface area contributed by atoms with Crippen LogP contribution in [-0.2, 0) is 4.74 Å². The van der Waals surface area contributed by atoms with Crippen LogP contribution in [0.2, 0.25) is 0 Å². The zero-order valence-electron chi connectivity index (χ0n) is 13.8. The van der Waals surface area contributed by atoms with Gasteiger partial charge in [-0.15, -0.1) is 0 Å². The molecule has 2 aliphatic carbocycles. The average Bonchev–Trinajstić information content (AvgIpc) is 3.31. The molecule has 4 rings (SSSR count). The number of nitrogens with one attached hydrogen (secondary N) is 1. The Bertz CT molecular complexity index is 625. The van der Waals surface area contributed by atoms with Gasteiger partial charge in [-0.05, 0) is 46.0 Å². The van der Waals surface area contributed by atoms with Crippen LogP contribution < -0.4 is 5.32 Å². The van der Waals surface area contributed by atoms with Crippen LogP contribution in [0, 0.1) is 6.92 Å². The lowest BCUT2D eigenvalue weighted by molar-refractivity contribution is -0.174. The smallest absolute Gasteiger partial charge is 0.322 e. The first kappa shape index (κ1) is 14.9. The Hall–Kier alpha value is -1.69. The van der Waals surface area contributed by atoms with Crippen molar-refractivity contribution in [1.29, 1.82) is 0 Å². The SMILES string of the molecule is Cc1ncc(NC(=O)N2CC(C)OC3(CCC3)C2)c(C2CC2)n1. The predicted molar refractivity (Wildman–Crippen MR) is 86.5 cm³/mol. The number of hydrogen-bond donors (Lipinski definition) is 1. The van der Waals surface area contributed by atoms with Crippen molar-refractivity contribution in [1.82, 2.24) is 14.9 Å². The Balaban J connectivity index is 1.49. The first-order chi connectivity index (χ1) is 11.0. The van der Waals surface area contributed by atoms with E-state index in [0.717, 1.165) is 42.9 Å². The fourth-order valence-corrected chi connectivity index (χ4v) is 3.67. The molecular formula is C17H24N4O2. The minimum absolute atomic E-state index is 0.0548. The van der Waals surface area contributed by atoms with Gasteiger partial charge in [-0.1, -0.05) is 0 Å². The summed E-state index contributed by atoms with van der Waals surface area (Å²) in [6, 6.07) is -0.0548. The second-order valence-electron chi connectivity index (χ2n) is 7.27. The van der Waals surface area contributed by atoms with Crippen LogP contribution in [0.3, 0.4) is 0 Å². The van der Waals surface area contributed by atoms with Gasteiger partial charge in [0.05, 0.1) is 35.8 Å². The molecule has 2 saturated carbocycles. The molecule has 1 aromatic heterocycles. The standard InChI is InChI=1S/C17H24N4O2/c1-11-9-21(10-17(23-11)6-3-7-17)16(22)20-14-8-18-12(2)19-15(14)13-4-5-13/h8,11,13H,3-7,9-10H2,1-2H3,(H,20,22). The van der Waals surface area contributed by atoms with Crippen molar-refractivity contribution in [2.24, 2.45) is 0 Å². The minimum Gasteiger partial charge on any atom is -0.368 e. The van der Waals surface area contributed by atoms with Gasteiger partial charge in [0.25, 0.3) is 0 Å². The number of aryl methyl sites for hydroxylation is 1. The molecule has 1 saturated heterocycles. The number of hydrogen-bond acceptors (Lipinski definition) is 4. The normalized spacial score (nSPS) is 26.0. The molecular weight excluding hydrogens is 292 g/mol. The molecule has 1 aromatic rings. The third-order valence-corrected chi connectivity index (χ3v) is 5.10. The van der Waals surface area contributed by atoms with Gasteiger partial charge in [-0.2, -0.15) is 0 Å². The Morgan fingerprint density at radius 1 is 1.43 bits per heavy atom. The van der Waals surface area contributed by atoms with Gasteiger partial charge >= 0.3 is 6.03 Å². The molecule has 1 aliphatic heterocycles. The highest BCUT2D eigenvalue weighted by atomic mass is 16.5. The lowest BCUT2D eigenvalue weighted by atomic mass is 9.78. The van der Waals surface area contributed by atoms with E-state index >= 15 is 0 Å². The number of carbonyl (C=O) groups is 1. The quantitative estimate of drug-likeness (QED) is 0.911. The summed E-state index contributed by atoms with van der Waals surface area (Å²) in [5, 5.41) is 3.04. The Morgan fingerprint density at radius 3 is 2.87 bits per heavy atom. The van der Waals surface area contributed by atoms with Crippen molar-refractivity contribution in [3.63, 3.8) is 0 Å². The average molecular weight is 316 g/mol. The molecule has 1 N–H and O–H groups in total. The number of aromatic nitrogens is 2. The van der Waals surface area contributed by atoms with Crippen molar-refractivity contribution >= 4 is 11.7 Å². The summed E-state index contributed by atoms with van der Waals surface area (Å²) in [7, 11) is 0. The summed E-state index contributed by atoms with van der Waals surface area (Å²) in [4.78, 5) is 23.4. The molecule has 3 aliphatic rings. The van der Waals surface area contributed by atoms with Crippen molar-refractivity contribution in [3.05, 3.63) is 17.7 Å². The summed E-state index contributed by atoms with van der Waals surface area (Å²) in [6.07, 6.45) is 7.45.